The number of halogens is 2. The number of aromatic nitrogens is 2. The van der Waals surface area contributed by atoms with Gasteiger partial charge in [0.1, 0.15) is 5.82 Å². The Bertz CT molecular complexity index is 870. The largest absolute Gasteiger partial charge is 0.383 e. The van der Waals surface area contributed by atoms with E-state index in [-0.39, 0.29) is 24.5 Å². The first-order chi connectivity index (χ1) is 13.3. The molecule has 1 saturated heterocycles. The number of rotatable bonds is 7. The number of carbonyl (C=O) groups is 2. The Morgan fingerprint density at radius 2 is 2.25 bits per heavy atom. The summed E-state index contributed by atoms with van der Waals surface area (Å²) in [6, 6.07) is 3.85. The second kappa shape index (κ2) is 8.26. The molecule has 0 bridgehead atoms. The Balaban J connectivity index is 1.65. The molecule has 1 aliphatic rings. The van der Waals surface area contributed by atoms with Gasteiger partial charge >= 0.3 is 0 Å². The summed E-state index contributed by atoms with van der Waals surface area (Å²) < 4.78 is 20.0. The molecule has 8 nitrogen and oxygen atoms in total. The van der Waals surface area contributed by atoms with Crippen molar-refractivity contribution in [2.45, 2.75) is 25.1 Å². The number of hydrogen-bond donors (Lipinski definition) is 2. The molecule has 0 unspecified atom stereocenters. The van der Waals surface area contributed by atoms with Crippen LogP contribution in [0.5, 0.6) is 0 Å². The molecule has 1 aliphatic heterocycles. The summed E-state index contributed by atoms with van der Waals surface area (Å²) >= 11 is 5.79. The highest BCUT2D eigenvalue weighted by Crippen LogP contribution is 2.28. The van der Waals surface area contributed by atoms with Crippen molar-refractivity contribution < 1.29 is 23.8 Å². The lowest BCUT2D eigenvalue weighted by atomic mass is 10.0. The Labute approximate surface area is 165 Å². The zero-order valence-electron chi connectivity index (χ0n) is 15.2. The fraction of sp³-hybridized carbons (Fsp3) is 0.389. The molecule has 2 heterocycles. The van der Waals surface area contributed by atoms with E-state index in [1.165, 1.54) is 23.2 Å². The smallest absolute Gasteiger partial charge is 0.268 e. The van der Waals surface area contributed by atoms with Crippen LogP contribution in [0.25, 0.3) is 0 Å². The lowest BCUT2D eigenvalue weighted by molar-refractivity contribution is -0.149. The van der Waals surface area contributed by atoms with Crippen LogP contribution >= 0.6 is 11.6 Å². The van der Waals surface area contributed by atoms with Gasteiger partial charge in [-0.15, -0.1) is 0 Å². The third kappa shape index (κ3) is 4.16. The van der Waals surface area contributed by atoms with Crippen molar-refractivity contribution in [1.29, 1.82) is 0 Å². The van der Waals surface area contributed by atoms with Crippen molar-refractivity contribution in [3.8, 4) is 0 Å². The number of methoxy groups -OCH3 is 1. The van der Waals surface area contributed by atoms with Crippen LogP contribution in [-0.2, 0) is 27.4 Å². The average molecular weight is 411 g/mol. The van der Waals surface area contributed by atoms with E-state index in [0.717, 1.165) is 6.07 Å². The zero-order chi connectivity index (χ0) is 20.3. The number of benzene rings is 1. The van der Waals surface area contributed by atoms with E-state index in [9.17, 15) is 19.1 Å². The lowest BCUT2D eigenvalue weighted by Crippen LogP contribution is -2.52. The van der Waals surface area contributed by atoms with Crippen molar-refractivity contribution in [2.24, 2.45) is 0 Å². The number of amides is 2. The molecule has 0 aliphatic carbocycles. The Morgan fingerprint density at radius 3 is 2.96 bits per heavy atom. The minimum atomic E-state index is -2.19. The Morgan fingerprint density at radius 1 is 1.46 bits per heavy atom. The molecule has 0 radical (unpaired) electrons. The summed E-state index contributed by atoms with van der Waals surface area (Å²) in [4.78, 5) is 26.5. The quantitative estimate of drug-likeness (QED) is 0.666. The number of nitrogens with one attached hydrogen (secondary N) is 1. The molecule has 2 amide bonds. The summed E-state index contributed by atoms with van der Waals surface area (Å²) in [5.74, 6) is -2.11. The van der Waals surface area contributed by atoms with Crippen LogP contribution < -0.4 is 10.2 Å². The standard InChI is InChI=1S/C18H20ClFN4O4/c1-28-5-4-23-11-15(10-22-23)24-3-2-18(27,17(24)26)16(25)21-9-12-6-13(19)8-14(20)7-12/h6-8,10-11,27H,2-5,9H2,1H3,(H,21,25)/t18-/m0/s1. The highest BCUT2D eigenvalue weighted by Gasteiger charge is 2.51. The number of carbonyl (C=O) groups excluding carboxylic acids is 2. The van der Waals surface area contributed by atoms with E-state index in [1.54, 1.807) is 18.0 Å². The van der Waals surface area contributed by atoms with E-state index in [2.05, 4.69) is 10.4 Å². The van der Waals surface area contributed by atoms with Gasteiger partial charge in [0.05, 0.1) is 25.0 Å². The van der Waals surface area contributed by atoms with Crippen molar-refractivity contribution in [3.63, 3.8) is 0 Å². The molecule has 28 heavy (non-hydrogen) atoms. The van der Waals surface area contributed by atoms with Crippen molar-refractivity contribution in [3.05, 3.63) is 47.0 Å². The first-order valence-electron chi connectivity index (χ1n) is 8.62. The van der Waals surface area contributed by atoms with Crippen LogP contribution in [0.15, 0.2) is 30.6 Å². The third-order valence-electron chi connectivity index (χ3n) is 4.50. The normalized spacial score (nSPS) is 19.3. The first-order valence-corrected chi connectivity index (χ1v) is 9.00. The van der Waals surface area contributed by atoms with Gasteiger partial charge in [-0.2, -0.15) is 5.10 Å². The lowest BCUT2D eigenvalue weighted by Gasteiger charge is -2.21. The van der Waals surface area contributed by atoms with Crippen molar-refractivity contribution >= 4 is 29.1 Å². The van der Waals surface area contributed by atoms with Gasteiger partial charge < -0.3 is 20.1 Å². The van der Waals surface area contributed by atoms with E-state index in [1.807, 2.05) is 0 Å². The third-order valence-corrected chi connectivity index (χ3v) is 4.72. The summed E-state index contributed by atoms with van der Waals surface area (Å²) in [5, 5.41) is 17.4. The van der Waals surface area contributed by atoms with Gasteiger partial charge in [-0.3, -0.25) is 14.3 Å². The molecule has 1 fully saturated rings. The number of nitrogens with zero attached hydrogens (tertiary/aromatic N) is 3. The van der Waals surface area contributed by atoms with E-state index in [0.29, 0.717) is 24.4 Å². The van der Waals surface area contributed by atoms with Gasteiger partial charge in [0.2, 0.25) is 5.60 Å². The maximum atomic E-state index is 13.4. The predicted molar refractivity (Wildman–Crippen MR) is 99.3 cm³/mol. The topological polar surface area (TPSA) is 96.7 Å². The van der Waals surface area contributed by atoms with E-state index >= 15 is 0 Å². The number of anilines is 1. The van der Waals surface area contributed by atoms with Gasteiger partial charge in [0, 0.05) is 37.8 Å². The highest BCUT2D eigenvalue weighted by molar-refractivity contribution is 6.30. The fourth-order valence-electron chi connectivity index (χ4n) is 3.00. The average Bonchev–Trinajstić information content (AvgIpc) is 3.23. The van der Waals surface area contributed by atoms with Gasteiger partial charge in [0.15, 0.2) is 0 Å². The summed E-state index contributed by atoms with van der Waals surface area (Å²) in [5.41, 5.74) is -1.28. The minimum absolute atomic E-state index is 0.0647. The molecule has 2 aromatic rings. The molecule has 150 valence electrons. The van der Waals surface area contributed by atoms with Crippen molar-refractivity contribution in [2.75, 3.05) is 25.2 Å². The maximum Gasteiger partial charge on any atom is 0.268 e. The van der Waals surface area contributed by atoms with Gasteiger partial charge in [0.25, 0.3) is 11.8 Å². The molecule has 1 atom stereocenters. The molecule has 2 N–H and O–H groups in total. The molecule has 3 rings (SSSR count). The summed E-state index contributed by atoms with van der Waals surface area (Å²) in [6.07, 6.45) is 3.08. The van der Waals surface area contributed by atoms with Crippen LogP contribution in [0, 0.1) is 5.82 Å². The molecule has 0 spiro atoms. The zero-order valence-corrected chi connectivity index (χ0v) is 15.9. The van der Waals surface area contributed by atoms with Crippen LogP contribution in [0.1, 0.15) is 12.0 Å². The molecule has 1 aromatic heterocycles. The Hall–Kier alpha value is -2.49. The van der Waals surface area contributed by atoms with Gasteiger partial charge in [-0.1, -0.05) is 11.6 Å². The first kappa shape index (κ1) is 20.2. The van der Waals surface area contributed by atoms with Crippen molar-refractivity contribution in [1.82, 2.24) is 15.1 Å². The SMILES string of the molecule is COCCn1cc(N2CC[C@](O)(C(=O)NCc3cc(F)cc(Cl)c3)C2=O)cn1. The van der Waals surface area contributed by atoms with Crippen LogP contribution in [-0.4, -0.2) is 52.6 Å². The molecular formula is C18H20ClFN4O4. The highest BCUT2D eigenvalue weighted by atomic mass is 35.5. The van der Waals surface area contributed by atoms with Crippen LogP contribution in [0.3, 0.4) is 0 Å². The monoisotopic (exact) mass is 410 g/mol. The number of aliphatic hydroxyl groups is 1. The van der Waals surface area contributed by atoms with Crippen LogP contribution in [0.2, 0.25) is 5.02 Å². The molecular weight excluding hydrogens is 391 g/mol. The predicted octanol–water partition coefficient (Wildman–Crippen LogP) is 1.11. The minimum Gasteiger partial charge on any atom is -0.383 e. The summed E-state index contributed by atoms with van der Waals surface area (Å²) in [6.45, 7) is 1.08. The van der Waals surface area contributed by atoms with E-state index < -0.39 is 23.2 Å². The fourth-order valence-corrected chi connectivity index (χ4v) is 3.25. The molecule has 0 saturated carbocycles. The van der Waals surface area contributed by atoms with Gasteiger partial charge in [-0.25, -0.2) is 4.39 Å². The second-order valence-corrected chi connectivity index (χ2v) is 6.92. The number of ether oxygens (including phenoxy) is 1. The molecule has 1 aromatic carbocycles. The van der Waals surface area contributed by atoms with E-state index in [4.69, 9.17) is 16.3 Å². The van der Waals surface area contributed by atoms with Crippen LogP contribution in [0.4, 0.5) is 10.1 Å². The summed E-state index contributed by atoms with van der Waals surface area (Å²) in [7, 11) is 1.57. The molecule has 10 heteroatoms. The Kier molecular flexibility index (Phi) is 5.97. The maximum absolute atomic E-state index is 13.4. The second-order valence-electron chi connectivity index (χ2n) is 6.48. The number of hydrogen-bond acceptors (Lipinski definition) is 5. The van der Waals surface area contributed by atoms with Gasteiger partial charge in [-0.05, 0) is 23.8 Å².